The molecule has 2 rings (SSSR count). The van der Waals surface area contributed by atoms with Gasteiger partial charge in [-0.2, -0.15) is 0 Å². The molecular formula is C28H41N3O5S. The van der Waals surface area contributed by atoms with Crippen LogP contribution in [0.15, 0.2) is 48.5 Å². The first-order valence-electron chi connectivity index (χ1n) is 12.9. The third-order valence-electron chi connectivity index (χ3n) is 6.16. The number of aryl methyl sites for hydroxylation is 1. The molecule has 0 aliphatic heterocycles. The molecule has 0 unspecified atom stereocenters. The molecule has 0 radical (unpaired) electrons. The Morgan fingerprint density at radius 3 is 2.41 bits per heavy atom. The smallest absolute Gasteiger partial charge is 0.242 e. The van der Waals surface area contributed by atoms with E-state index in [9.17, 15) is 18.0 Å². The summed E-state index contributed by atoms with van der Waals surface area (Å²) in [4.78, 5) is 28.2. The van der Waals surface area contributed by atoms with Gasteiger partial charge in [-0.25, -0.2) is 8.42 Å². The predicted molar refractivity (Wildman–Crippen MR) is 148 cm³/mol. The number of anilines is 1. The number of amides is 2. The van der Waals surface area contributed by atoms with Gasteiger partial charge in [0.1, 0.15) is 11.8 Å². The maximum Gasteiger partial charge on any atom is 0.242 e. The largest absolute Gasteiger partial charge is 0.495 e. The Kier molecular flexibility index (Phi) is 11.9. The summed E-state index contributed by atoms with van der Waals surface area (Å²) in [5.41, 5.74) is 2.45. The summed E-state index contributed by atoms with van der Waals surface area (Å²) in [5.74, 6) is 0.0892. The number of nitrogens with one attached hydrogen (secondary N) is 1. The number of sulfonamides is 1. The average molecular weight is 532 g/mol. The lowest BCUT2D eigenvalue weighted by Gasteiger charge is -2.31. The Bertz CT molecular complexity index is 1140. The second-order valence-corrected chi connectivity index (χ2v) is 11.1. The van der Waals surface area contributed by atoms with Crippen molar-refractivity contribution in [2.45, 2.75) is 65.5 Å². The fourth-order valence-electron chi connectivity index (χ4n) is 4.25. The molecule has 0 fully saturated rings. The van der Waals surface area contributed by atoms with Gasteiger partial charge < -0.3 is 15.0 Å². The van der Waals surface area contributed by atoms with Crippen LogP contribution in [-0.4, -0.2) is 57.6 Å². The van der Waals surface area contributed by atoms with E-state index in [0.29, 0.717) is 37.4 Å². The summed E-state index contributed by atoms with van der Waals surface area (Å²) in [5, 5.41) is 2.96. The molecule has 0 heterocycles. The van der Waals surface area contributed by atoms with Gasteiger partial charge in [0.15, 0.2) is 0 Å². The van der Waals surface area contributed by atoms with Gasteiger partial charge in [0.2, 0.25) is 21.8 Å². The molecule has 1 N–H and O–H groups in total. The van der Waals surface area contributed by atoms with E-state index >= 15 is 0 Å². The maximum absolute atomic E-state index is 13.5. The highest BCUT2D eigenvalue weighted by Gasteiger charge is 2.29. The van der Waals surface area contributed by atoms with Crippen LogP contribution in [0.5, 0.6) is 5.75 Å². The molecule has 0 aliphatic rings. The van der Waals surface area contributed by atoms with E-state index in [2.05, 4.69) is 12.2 Å². The Labute approximate surface area is 222 Å². The van der Waals surface area contributed by atoms with Gasteiger partial charge in [-0.15, -0.1) is 0 Å². The summed E-state index contributed by atoms with van der Waals surface area (Å²) in [6.07, 6.45) is 3.85. The molecule has 9 heteroatoms. The van der Waals surface area contributed by atoms with Gasteiger partial charge in [0.05, 0.1) is 19.1 Å². The van der Waals surface area contributed by atoms with Crippen LogP contribution in [-0.2, 0) is 26.2 Å². The molecule has 0 aromatic heterocycles. The molecule has 1 atom stereocenters. The Hall–Kier alpha value is -3.07. The molecular weight excluding hydrogens is 490 g/mol. The molecule has 8 nitrogen and oxygen atoms in total. The number of carbonyl (C=O) groups excluding carboxylic acids is 2. The van der Waals surface area contributed by atoms with Gasteiger partial charge in [0.25, 0.3) is 0 Å². The summed E-state index contributed by atoms with van der Waals surface area (Å²) < 4.78 is 31.8. The van der Waals surface area contributed by atoms with Gasteiger partial charge in [-0.3, -0.25) is 13.9 Å². The molecule has 0 saturated heterocycles. The number of benzene rings is 2. The molecule has 2 amide bonds. The second-order valence-electron chi connectivity index (χ2n) is 9.19. The van der Waals surface area contributed by atoms with Crippen LogP contribution in [0.4, 0.5) is 5.69 Å². The fourth-order valence-corrected chi connectivity index (χ4v) is 5.22. The highest BCUT2D eigenvalue weighted by atomic mass is 32.2. The van der Waals surface area contributed by atoms with Gasteiger partial charge >= 0.3 is 0 Å². The number of nitrogens with zero attached hydrogens (tertiary/aromatic N) is 2. The molecule has 2 aromatic rings. The predicted octanol–water partition coefficient (Wildman–Crippen LogP) is 4.27. The van der Waals surface area contributed by atoms with E-state index in [1.807, 2.05) is 38.1 Å². The highest BCUT2D eigenvalue weighted by molar-refractivity contribution is 7.92. The van der Waals surface area contributed by atoms with Crippen LogP contribution >= 0.6 is 0 Å². The lowest BCUT2D eigenvalue weighted by atomic mass is 10.1. The minimum absolute atomic E-state index is 0.103. The standard InChI is InChI=1S/C28H41N3O5S/c1-6-8-18-29-28(33)24(7-2)30(21-23-14-11-13-22(3)20-23)27(32)17-12-19-31(37(5,34)35)25-15-9-10-16-26(25)36-4/h9-11,13-16,20,24H,6-8,12,17-19,21H2,1-5H3,(H,29,33)/t24-/m1/s1. The first-order chi connectivity index (χ1) is 17.6. The normalized spacial score (nSPS) is 12.0. The molecule has 2 aromatic carbocycles. The highest BCUT2D eigenvalue weighted by Crippen LogP contribution is 2.29. The van der Waals surface area contributed by atoms with E-state index < -0.39 is 16.1 Å². The van der Waals surface area contributed by atoms with Crippen LogP contribution in [0.3, 0.4) is 0 Å². The summed E-state index contributed by atoms with van der Waals surface area (Å²) in [6, 6.07) is 14.2. The van der Waals surface area contributed by atoms with Crippen molar-refractivity contribution in [2.24, 2.45) is 0 Å². The lowest BCUT2D eigenvalue weighted by Crippen LogP contribution is -2.49. The first kappa shape index (κ1) is 30.2. The quantitative estimate of drug-likeness (QED) is 0.346. The number of ether oxygens (including phenoxy) is 1. The Morgan fingerprint density at radius 2 is 1.78 bits per heavy atom. The van der Waals surface area contributed by atoms with Crippen molar-refractivity contribution < 1.29 is 22.7 Å². The minimum atomic E-state index is -3.61. The number of carbonyl (C=O) groups is 2. The van der Waals surface area contributed by atoms with E-state index in [1.54, 1.807) is 29.2 Å². The van der Waals surface area contributed by atoms with Crippen molar-refractivity contribution in [1.82, 2.24) is 10.2 Å². The summed E-state index contributed by atoms with van der Waals surface area (Å²) >= 11 is 0. The van der Waals surface area contributed by atoms with Crippen LogP contribution in [0.1, 0.15) is 57.1 Å². The molecule has 0 saturated carbocycles. The van der Waals surface area contributed by atoms with Crippen molar-refractivity contribution >= 4 is 27.5 Å². The van der Waals surface area contributed by atoms with Gasteiger partial charge in [-0.05, 0) is 43.9 Å². The SMILES string of the molecule is CCCCNC(=O)[C@@H](CC)N(Cc1cccc(C)c1)C(=O)CCCN(c1ccccc1OC)S(C)(=O)=O. The fraction of sp³-hybridized carbons (Fsp3) is 0.500. The van der Waals surface area contributed by atoms with Crippen molar-refractivity contribution in [1.29, 1.82) is 0 Å². The molecule has 37 heavy (non-hydrogen) atoms. The zero-order chi connectivity index (χ0) is 27.4. The third-order valence-corrected chi connectivity index (χ3v) is 7.34. The topological polar surface area (TPSA) is 96.0 Å². The number of hydrogen-bond donors (Lipinski definition) is 1. The second kappa shape index (κ2) is 14.6. The number of hydrogen-bond acceptors (Lipinski definition) is 5. The summed E-state index contributed by atoms with van der Waals surface area (Å²) in [7, 11) is -2.12. The van der Waals surface area contributed by atoms with E-state index in [0.717, 1.165) is 30.2 Å². The minimum Gasteiger partial charge on any atom is -0.495 e. The number of rotatable bonds is 15. The lowest BCUT2D eigenvalue weighted by molar-refractivity contribution is -0.141. The average Bonchev–Trinajstić information content (AvgIpc) is 2.86. The van der Waals surface area contributed by atoms with E-state index in [-0.39, 0.29) is 24.8 Å². The van der Waals surface area contributed by atoms with E-state index in [1.165, 1.54) is 11.4 Å². The van der Waals surface area contributed by atoms with Crippen LogP contribution < -0.4 is 14.4 Å². The number of para-hydroxylation sites is 2. The van der Waals surface area contributed by atoms with Gasteiger partial charge in [-0.1, -0.05) is 62.2 Å². The zero-order valence-corrected chi connectivity index (χ0v) is 23.5. The Morgan fingerprint density at radius 1 is 1.05 bits per heavy atom. The van der Waals surface area contributed by atoms with Crippen molar-refractivity contribution in [2.75, 3.05) is 30.8 Å². The third kappa shape index (κ3) is 9.07. The van der Waals surface area contributed by atoms with Crippen LogP contribution in [0.2, 0.25) is 0 Å². The zero-order valence-electron chi connectivity index (χ0n) is 22.7. The van der Waals surface area contributed by atoms with E-state index in [4.69, 9.17) is 4.74 Å². The van der Waals surface area contributed by atoms with Crippen molar-refractivity contribution in [3.63, 3.8) is 0 Å². The maximum atomic E-state index is 13.5. The van der Waals surface area contributed by atoms with Gasteiger partial charge in [0, 0.05) is 26.1 Å². The van der Waals surface area contributed by atoms with Crippen LogP contribution in [0, 0.1) is 6.92 Å². The number of methoxy groups -OCH3 is 1. The molecule has 204 valence electrons. The monoisotopic (exact) mass is 531 g/mol. The molecule has 0 bridgehead atoms. The summed E-state index contributed by atoms with van der Waals surface area (Å²) in [6.45, 7) is 6.93. The molecule has 0 aliphatic carbocycles. The first-order valence-corrected chi connectivity index (χ1v) is 14.7. The van der Waals surface area contributed by atoms with Crippen molar-refractivity contribution in [3.8, 4) is 5.75 Å². The number of unbranched alkanes of at least 4 members (excludes halogenated alkanes) is 1. The Balaban J connectivity index is 2.22. The van der Waals surface area contributed by atoms with Crippen LogP contribution in [0.25, 0.3) is 0 Å². The molecule has 0 spiro atoms. The van der Waals surface area contributed by atoms with Crippen molar-refractivity contribution in [3.05, 3.63) is 59.7 Å².